The Morgan fingerprint density at radius 2 is 2.12 bits per heavy atom. The monoisotopic (exact) mass is 319 g/mol. The van der Waals surface area contributed by atoms with Gasteiger partial charge in [0.25, 0.3) is 0 Å². The maximum Gasteiger partial charge on any atom is 0.0700 e. The average Bonchev–Trinajstić information content (AvgIpc) is 2.30. The molecule has 1 aromatic carbocycles. The maximum atomic E-state index is 5.68. The summed E-state index contributed by atoms with van der Waals surface area (Å²) in [6.07, 6.45) is 1.03. The lowest BCUT2D eigenvalue weighted by Gasteiger charge is -2.06. The van der Waals surface area contributed by atoms with Gasteiger partial charge in [-0.15, -0.1) is 11.8 Å². The minimum Gasteiger partial charge on any atom is -0.399 e. The Bertz CT molecular complexity index is 336. The highest BCUT2D eigenvalue weighted by atomic mass is 79.9. The van der Waals surface area contributed by atoms with Crippen LogP contribution in [0.5, 0.6) is 0 Å². The molecule has 2 N–H and O–H groups in total. The van der Waals surface area contributed by atoms with Crippen LogP contribution in [-0.2, 0) is 9.47 Å². The van der Waals surface area contributed by atoms with Crippen LogP contribution in [-0.4, -0.2) is 32.7 Å². The molecule has 96 valence electrons. The zero-order valence-corrected chi connectivity index (χ0v) is 12.4. The van der Waals surface area contributed by atoms with E-state index < -0.39 is 0 Å². The second-order valence-electron chi connectivity index (χ2n) is 3.50. The van der Waals surface area contributed by atoms with E-state index in [9.17, 15) is 0 Å². The minimum atomic E-state index is 0.663. The van der Waals surface area contributed by atoms with Crippen molar-refractivity contribution in [2.45, 2.75) is 11.3 Å². The van der Waals surface area contributed by atoms with E-state index >= 15 is 0 Å². The molecule has 0 unspecified atom stereocenters. The Labute approximate surface area is 115 Å². The molecule has 0 aliphatic heterocycles. The van der Waals surface area contributed by atoms with Crippen molar-refractivity contribution < 1.29 is 9.47 Å². The maximum absolute atomic E-state index is 5.68. The number of hydrogen-bond acceptors (Lipinski definition) is 4. The molecule has 0 amide bonds. The predicted molar refractivity (Wildman–Crippen MR) is 76.6 cm³/mol. The zero-order valence-electron chi connectivity index (χ0n) is 9.95. The minimum absolute atomic E-state index is 0.663. The van der Waals surface area contributed by atoms with Crippen molar-refractivity contribution in [3.8, 4) is 0 Å². The molecule has 0 aliphatic carbocycles. The molecule has 3 nitrogen and oxygen atoms in total. The molecule has 1 aromatic rings. The third-order valence-electron chi connectivity index (χ3n) is 2.08. The molecule has 0 heterocycles. The molecule has 5 heteroatoms. The largest absolute Gasteiger partial charge is 0.399 e. The summed E-state index contributed by atoms with van der Waals surface area (Å²) in [7, 11) is 1.68. The highest BCUT2D eigenvalue weighted by Gasteiger charge is 2.00. The number of rotatable bonds is 8. The first-order valence-electron chi connectivity index (χ1n) is 5.48. The highest BCUT2D eigenvalue weighted by molar-refractivity contribution is 9.10. The first kappa shape index (κ1) is 14.8. The van der Waals surface area contributed by atoms with E-state index in [1.165, 1.54) is 4.90 Å². The van der Waals surface area contributed by atoms with Gasteiger partial charge in [0.2, 0.25) is 0 Å². The van der Waals surface area contributed by atoms with Crippen LogP contribution in [0.3, 0.4) is 0 Å². The molecule has 0 saturated carbocycles. The van der Waals surface area contributed by atoms with Crippen LogP contribution in [0.4, 0.5) is 5.69 Å². The van der Waals surface area contributed by atoms with Gasteiger partial charge in [0.15, 0.2) is 0 Å². The molecule has 0 bridgehead atoms. The van der Waals surface area contributed by atoms with E-state index in [2.05, 4.69) is 15.9 Å². The highest BCUT2D eigenvalue weighted by Crippen LogP contribution is 2.29. The fourth-order valence-corrected chi connectivity index (χ4v) is 2.80. The van der Waals surface area contributed by atoms with Crippen LogP contribution in [0.1, 0.15) is 6.42 Å². The quantitative estimate of drug-likeness (QED) is 0.454. The van der Waals surface area contributed by atoms with Crippen LogP contribution in [0.15, 0.2) is 27.6 Å². The van der Waals surface area contributed by atoms with E-state index in [1.807, 2.05) is 18.2 Å². The van der Waals surface area contributed by atoms with E-state index in [0.717, 1.165) is 28.9 Å². The molecule has 17 heavy (non-hydrogen) atoms. The number of halogens is 1. The summed E-state index contributed by atoms with van der Waals surface area (Å²) >= 11 is 5.31. The van der Waals surface area contributed by atoms with E-state index in [1.54, 1.807) is 18.9 Å². The third kappa shape index (κ3) is 6.31. The molecule has 0 spiro atoms. The molecule has 0 saturated heterocycles. The number of nitrogen functional groups attached to an aromatic ring is 1. The first-order valence-corrected chi connectivity index (χ1v) is 7.26. The summed E-state index contributed by atoms with van der Waals surface area (Å²) in [6.45, 7) is 2.12. The summed E-state index contributed by atoms with van der Waals surface area (Å²) in [5.74, 6) is 1.04. The lowest BCUT2D eigenvalue weighted by molar-refractivity contribution is 0.0713. The normalized spacial score (nSPS) is 10.7. The summed E-state index contributed by atoms with van der Waals surface area (Å²) < 4.78 is 11.3. The molecular weight excluding hydrogens is 302 g/mol. The molecule has 1 rings (SSSR count). The van der Waals surface area contributed by atoms with E-state index in [4.69, 9.17) is 15.2 Å². The predicted octanol–water partition coefficient (Wildman–Crippen LogP) is 3.18. The van der Waals surface area contributed by atoms with Gasteiger partial charge in [0.1, 0.15) is 0 Å². The van der Waals surface area contributed by atoms with E-state index in [-0.39, 0.29) is 0 Å². The van der Waals surface area contributed by atoms with E-state index in [0.29, 0.717) is 13.2 Å². The lowest BCUT2D eigenvalue weighted by Crippen LogP contribution is -2.03. The fourth-order valence-electron chi connectivity index (χ4n) is 1.22. The van der Waals surface area contributed by atoms with Crippen molar-refractivity contribution in [3.63, 3.8) is 0 Å². The SMILES string of the molecule is COCCOCCCSc1ccc(N)cc1Br. The topological polar surface area (TPSA) is 44.5 Å². The number of thioether (sulfide) groups is 1. The standard InChI is InChI=1S/C12H18BrNO2S/c1-15-6-7-16-5-2-8-17-12-4-3-10(14)9-11(12)13/h3-4,9H,2,5-8,14H2,1H3. The van der Waals surface area contributed by atoms with Crippen molar-refractivity contribution in [3.05, 3.63) is 22.7 Å². The van der Waals surface area contributed by atoms with Gasteiger partial charge in [-0.05, 0) is 40.5 Å². The van der Waals surface area contributed by atoms with Crippen LogP contribution in [0.25, 0.3) is 0 Å². The van der Waals surface area contributed by atoms with Crippen LogP contribution in [0.2, 0.25) is 0 Å². The smallest absolute Gasteiger partial charge is 0.0700 e. The number of nitrogens with two attached hydrogens (primary N) is 1. The van der Waals surface area contributed by atoms with Crippen molar-refractivity contribution >= 4 is 33.4 Å². The summed E-state index contributed by atoms with van der Waals surface area (Å²) in [6, 6.07) is 5.88. The summed E-state index contributed by atoms with van der Waals surface area (Å²) in [5, 5.41) is 0. The second-order valence-corrected chi connectivity index (χ2v) is 5.49. The van der Waals surface area contributed by atoms with Crippen molar-refractivity contribution in [1.29, 1.82) is 0 Å². The number of ether oxygens (including phenoxy) is 2. The van der Waals surface area contributed by atoms with Crippen molar-refractivity contribution in [1.82, 2.24) is 0 Å². The van der Waals surface area contributed by atoms with Gasteiger partial charge in [-0.2, -0.15) is 0 Å². The number of hydrogen-bond donors (Lipinski definition) is 1. The Balaban J connectivity index is 2.14. The van der Waals surface area contributed by atoms with Gasteiger partial charge >= 0.3 is 0 Å². The molecular formula is C12H18BrNO2S. The molecule has 0 aromatic heterocycles. The average molecular weight is 320 g/mol. The first-order chi connectivity index (χ1) is 8.24. The lowest BCUT2D eigenvalue weighted by atomic mass is 10.3. The number of anilines is 1. The van der Waals surface area contributed by atoms with Gasteiger partial charge in [-0.25, -0.2) is 0 Å². The van der Waals surface area contributed by atoms with Crippen LogP contribution in [0, 0.1) is 0 Å². The second kappa shape index (κ2) is 8.80. The summed E-state index contributed by atoms with van der Waals surface area (Å²) in [4.78, 5) is 1.22. The third-order valence-corrected chi connectivity index (χ3v) is 4.16. The zero-order chi connectivity index (χ0) is 12.5. The van der Waals surface area contributed by atoms with Gasteiger partial charge in [0, 0.05) is 34.5 Å². The van der Waals surface area contributed by atoms with Crippen molar-refractivity contribution in [2.75, 3.05) is 38.4 Å². The van der Waals surface area contributed by atoms with Gasteiger partial charge in [-0.1, -0.05) is 0 Å². The Kier molecular flexibility index (Phi) is 7.68. The van der Waals surface area contributed by atoms with Gasteiger partial charge in [0.05, 0.1) is 13.2 Å². The summed E-state index contributed by atoms with van der Waals surface area (Å²) in [5.41, 5.74) is 6.46. The van der Waals surface area contributed by atoms with Gasteiger partial charge < -0.3 is 15.2 Å². The van der Waals surface area contributed by atoms with Crippen LogP contribution >= 0.6 is 27.7 Å². The van der Waals surface area contributed by atoms with Crippen LogP contribution < -0.4 is 5.73 Å². The molecule has 0 radical (unpaired) electrons. The molecule has 0 aliphatic rings. The Hall–Kier alpha value is -0.230. The Morgan fingerprint density at radius 3 is 2.82 bits per heavy atom. The Morgan fingerprint density at radius 1 is 1.29 bits per heavy atom. The number of methoxy groups -OCH3 is 1. The number of benzene rings is 1. The van der Waals surface area contributed by atoms with Crippen molar-refractivity contribution in [2.24, 2.45) is 0 Å². The molecule has 0 atom stereocenters. The fraction of sp³-hybridized carbons (Fsp3) is 0.500. The van der Waals surface area contributed by atoms with Gasteiger partial charge in [-0.3, -0.25) is 0 Å². The molecule has 0 fully saturated rings.